The number of benzene rings is 2. The van der Waals surface area contributed by atoms with Crippen molar-refractivity contribution in [2.75, 3.05) is 44.8 Å². The van der Waals surface area contributed by atoms with Gasteiger partial charge < -0.3 is 19.6 Å². The van der Waals surface area contributed by atoms with Crippen molar-refractivity contribution in [3.8, 4) is 0 Å². The van der Waals surface area contributed by atoms with E-state index in [9.17, 15) is 27.9 Å². The van der Waals surface area contributed by atoms with Gasteiger partial charge in [-0.15, -0.1) is 6.58 Å². The lowest BCUT2D eigenvalue weighted by Gasteiger charge is -2.34. The molecule has 2 saturated heterocycles. The number of rotatable bonds is 8. The van der Waals surface area contributed by atoms with Crippen molar-refractivity contribution in [1.82, 2.24) is 9.21 Å². The lowest BCUT2D eigenvalue weighted by atomic mass is 9.82. The average Bonchev–Trinajstić information content (AvgIpc) is 3.62. The fourth-order valence-corrected chi connectivity index (χ4v) is 7.18. The van der Waals surface area contributed by atoms with Gasteiger partial charge in [-0.2, -0.15) is 4.31 Å². The van der Waals surface area contributed by atoms with Crippen LogP contribution in [0.5, 0.6) is 0 Å². The summed E-state index contributed by atoms with van der Waals surface area (Å²) in [7, 11) is -2.26. The molecule has 2 aromatic rings. The van der Waals surface area contributed by atoms with Crippen molar-refractivity contribution in [2.24, 2.45) is 0 Å². The molecular weight excluding hydrogens is 522 g/mol. The van der Waals surface area contributed by atoms with Gasteiger partial charge in [-0.05, 0) is 43.2 Å². The third kappa shape index (κ3) is 3.91. The molecule has 0 aliphatic carbocycles. The second kappa shape index (κ2) is 10.1. The summed E-state index contributed by atoms with van der Waals surface area (Å²) in [6.07, 6.45) is 3.12. The minimum Gasteiger partial charge on any atom is -0.507 e. The van der Waals surface area contributed by atoms with Gasteiger partial charge in [-0.1, -0.05) is 24.3 Å². The van der Waals surface area contributed by atoms with Crippen LogP contribution in [0.4, 0.5) is 5.69 Å². The summed E-state index contributed by atoms with van der Waals surface area (Å²) in [5, 5.41) is 11.5. The number of methoxy groups -OCH3 is 1. The van der Waals surface area contributed by atoms with Crippen LogP contribution >= 0.6 is 0 Å². The number of hydrogen-bond acceptors (Lipinski definition) is 7. The smallest absolute Gasteiger partial charge is 0.296 e. The zero-order valence-electron chi connectivity index (χ0n) is 21.5. The van der Waals surface area contributed by atoms with Crippen molar-refractivity contribution in [3.05, 3.63) is 77.9 Å². The van der Waals surface area contributed by atoms with Crippen molar-refractivity contribution in [3.63, 3.8) is 0 Å². The number of anilines is 1. The van der Waals surface area contributed by atoms with Crippen LogP contribution < -0.4 is 4.90 Å². The highest BCUT2D eigenvalue weighted by atomic mass is 32.2. The number of amides is 2. The molecule has 10 nitrogen and oxygen atoms in total. The Balaban J connectivity index is 1.69. The topological polar surface area (TPSA) is 125 Å². The van der Waals surface area contributed by atoms with Crippen molar-refractivity contribution < 1.29 is 32.6 Å². The van der Waals surface area contributed by atoms with Crippen molar-refractivity contribution in [1.29, 1.82) is 0 Å². The highest BCUT2D eigenvalue weighted by molar-refractivity contribution is 7.89. The lowest BCUT2D eigenvalue weighted by Crippen LogP contribution is -2.52. The van der Waals surface area contributed by atoms with Gasteiger partial charge in [0.2, 0.25) is 10.0 Å². The Morgan fingerprint density at radius 2 is 1.74 bits per heavy atom. The summed E-state index contributed by atoms with van der Waals surface area (Å²) in [6.45, 7) is 4.71. The summed E-state index contributed by atoms with van der Waals surface area (Å²) < 4.78 is 32.5. The molecule has 3 aliphatic rings. The predicted molar refractivity (Wildman–Crippen MR) is 143 cm³/mol. The molecule has 0 radical (unpaired) electrons. The van der Waals surface area contributed by atoms with Crippen molar-refractivity contribution >= 4 is 39.1 Å². The van der Waals surface area contributed by atoms with Crippen molar-refractivity contribution in [2.45, 2.75) is 23.3 Å². The van der Waals surface area contributed by atoms with E-state index in [0.717, 1.165) is 17.7 Å². The molecule has 3 heterocycles. The number of carbonyl (C=O) groups is 3. The predicted octanol–water partition coefficient (Wildman–Crippen LogP) is 2.23. The molecule has 3 aliphatic heterocycles. The van der Waals surface area contributed by atoms with E-state index < -0.39 is 38.9 Å². The van der Waals surface area contributed by atoms with Crippen LogP contribution in [-0.4, -0.2) is 80.2 Å². The first-order chi connectivity index (χ1) is 18.7. The second-order valence-electron chi connectivity index (χ2n) is 9.57. The van der Waals surface area contributed by atoms with Gasteiger partial charge in [-0.25, -0.2) is 8.42 Å². The number of para-hydroxylation sites is 1. The summed E-state index contributed by atoms with van der Waals surface area (Å²) in [5.41, 5.74) is -1.32. The minimum absolute atomic E-state index is 0.0504. The highest BCUT2D eigenvalue weighted by Crippen LogP contribution is 2.53. The average molecular weight is 552 g/mol. The van der Waals surface area contributed by atoms with E-state index >= 15 is 0 Å². The number of carbonyl (C=O) groups excluding carboxylic acids is 3. The molecule has 5 rings (SSSR count). The molecule has 0 saturated carbocycles. The maximum absolute atomic E-state index is 14.2. The first-order valence-electron chi connectivity index (χ1n) is 12.6. The third-order valence-electron chi connectivity index (χ3n) is 7.47. The molecule has 0 aromatic heterocycles. The van der Waals surface area contributed by atoms with Crippen LogP contribution in [0.2, 0.25) is 0 Å². The Kier molecular flexibility index (Phi) is 6.91. The molecule has 2 aromatic carbocycles. The fraction of sp³-hybridized carbons (Fsp3) is 0.321. The number of ketones is 1. The maximum atomic E-state index is 14.2. The number of fused-ring (bicyclic) bond motifs is 2. The minimum atomic E-state index is -3.70. The molecule has 39 heavy (non-hydrogen) atoms. The first-order valence-corrected chi connectivity index (χ1v) is 14.1. The Morgan fingerprint density at radius 3 is 2.38 bits per heavy atom. The number of hydrogen-bond donors (Lipinski definition) is 1. The van der Waals surface area contributed by atoms with Gasteiger partial charge in [0.15, 0.2) is 5.54 Å². The van der Waals surface area contributed by atoms with Crippen LogP contribution in [0.15, 0.2) is 71.7 Å². The van der Waals surface area contributed by atoms with E-state index in [1.807, 2.05) is 0 Å². The molecule has 2 fully saturated rings. The molecule has 0 bridgehead atoms. The molecule has 204 valence electrons. The zero-order chi connectivity index (χ0) is 27.9. The van der Waals surface area contributed by atoms with Crippen LogP contribution in [-0.2, 0) is 34.7 Å². The zero-order valence-corrected chi connectivity index (χ0v) is 22.3. The number of ether oxygens (including phenoxy) is 1. The number of sulfonamides is 1. The Morgan fingerprint density at radius 1 is 1.08 bits per heavy atom. The van der Waals surface area contributed by atoms with Gasteiger partial charge in [0, 0.05) is 44.4 Å². The molecule has 1 atom stereocenters. The third-order valence-corrected chi connectivity index (χ3v) is 9.38. The van der Waals surface area contributed by atoms with Crippen LogP contribution in [0.25, 0.3) is 5.76 Å². The molecule has 11 heteroatoms. The lowest BCUT2D eigenvalue weighted by molar-refractivity contribution is -0.144. The normalized spacial score (nSPS) is 22.7. The SMILES string of the molecule is C=CCN1C(=O)C2(/C(=C(/O)c3ccc(S(=O)(=O)N4CCCC4)cc3)C(=O)C(=O)N2CCOC)c2ccccc21. The summed E-state index contributed by atoms with van der Waals surface area (Å²) in [6, 6.07) is 12.3. The largest absolute Gasteiger partial charge is 0.507 e. The number of aliphatic hydroxyl groups excluding tert-OH is 1. The summed E-state index contributed by atoms with van der Waals surface area (Å²) in [4.78, 5) is 43.7. The maximum Gasteiger partial charge on any atom is 0.296 e. The van der Waals surface area contributed by atoms with Gasteiger partial charge in [-0.3, -0.25) is 14.4 Å². The van der Waals surface area contributed by atoms with E-state index in [-0.39, 0.29) is 35.7 Å². The molecule has 1 spiro atoms. The van der Waals surface area contributed by atoms with Gasteiger partial charge >= 0.3 is 0 Å². The standard InChI is InChI=1S/C28H29N3O7S/c1-3-14-30-22-9-5-4-8-21(22)28(27(30)35)23(25(33)26(34)31(28)17-18-38-2)24(32)19-10-12-20(13-11-19)39(36,37)29-15-6-7-16-29/h3-5,8-13,32H,1,6-7,14-18H2,2H3/b24-23+. The first kappa shape index (κ1) is 26.8. The van der Waals surface area contributed by atoms with Crippen LogP contribution in [0.1, 0.15) is 24.0 Å². The number of Topliss-reactive ketones (excluding diaryl/α,β-unsaturated/α-hetero) is 1. The van der Waals surface area contributed by atoms with E-state index in [1.165, 1.54) is 46.7 Å². The van der Waals surface area contributed by atoms with Crippen LogP contribution in [0, 0.1) is 0 Å². The molecule has 1 N–H and O–H groups in total. The van der Waals surface area contributed by atoms with E-state index in [4.69, 9.17) is 4.74 Å². The Bertz CT molecular complexity index is 1490. The fourth-order valence-electron chi connectivity index (χ4n) is 5.67. The highest BCUT2D eigenvalue weighted by Gasteiger charge is 2.66. The molecule has 1 unspecified atom stereocenters. The van der Waals surface area contributed by atoms with E-state index in [2.05, 4.69) is 6.58 Å². The second-order valence-corrected chi connectivity index (χ2v) is 11.5. The van der Waals surface area contributed by atoms with Gasteiger partial charge in [0.1, 0.15) is 5.76 Å². The number of aliphatic hydroxyl groups is 1. The molecular formula is C28H29N3O7S. The van der Waals surface area contributed by atoms with Crippen LogP contribution in [0.3, 0.4) is 0 Å². The number of nitrogens with zero attached hydrogens (tertiary/aromatic N) is 3. The van der Waals surface area contributed by atoms with E-state index in [1.54, 1.807) is 24.3 Å². The Labute approximate surface area is 226 Å². The summed E-state index contributed by atoms with van der Waals surface area (Å²) in [5.74, 6) is -3.10. The number of likely N-dealkylation sites (tertiary alicyclic amines) is 1. The van der Waals surface area contributed by atoms with Gasteiger partial charge in [0.05, 0.1) is 22.8 Å². The monoisotopic (exact) mass is 551 g/mol. The van der Waals surface area contributed by atoms with E-state index in [0.29, 0.717) is 24.3 Å². The quantitative estimate of drug-likeness (QED) is 0.231. The molecule has 2 amide bonds. The van der Waals surface area contributed by atoms with Gasteiger partial charge in [0.25, 0.3) is 17.6 Å². The summed E-state index contributed by atoms with van der Waals surface area (Å²) >= 11 is 0. The Hall–Kier alpha value is -3.80.